The van der Waals surface area contributed by atoms with Crippen molar-refractivity contribution in [2.75, 3.05) is 9.44 Å². The van der Waals surface area contributed by atoms with Crippen LogP contribution < -0.4 is 9.44 Å². The Kier molecular flexibility index (Phi) is 5.97. The molecule has 1 aliphatic heterocycles. The molecule has 0 amide bonds. The first-order valence-electron chi connectivity index (χ1n) is 9.94. The van der Waals surface area contributed by atoms with Crippen LogP contribution in [-0.4, -0.2) is 22.0 Å². The van der Waals surface area contributed by atoms with Gasteiger partial charge < -0.3 is 0 Å². The number of hydrogen-bond acceptors (Lipinski definition) is 6. The van der Waals surface area contributed by atoms with Gasteiger partial charge in [0.2, 0.25) is 5.12 Å². The molecule has 0 saturated heterocycles. The lowest BCUT2D eigenvalue weighted by atomic mass is 10.1. The van der Waals surface area contributed by atoms with Gasteiger partial charge in [0.15, 0.2) is 0 Å². The highest BCUT2D eigenvalue weighted by molar-refractivity contribution is 8.15. The Balaban J connectivity index is 1.71. The van der Waals surface area contributed by atoms with Gasteiger partial charge in [-0.3, -0.25) is 14.2 Å². The predicted molar refractivity (Wildman–Crippen MR) is 139 cm³/mol. The van der Waals surface area contributed by atoms with E-state index in [0.717, 1.165) is 17.8 Å². The van der Waals surface area contributed by atoms with Crippen LogP contribution in [-0.2, 0) is 20.0 Å². The first-order valence-corrected chi connectivity index (χ1v) is 14.5. The SMILES string of the molecule is O=C1Sc2c(S(=O)(=O)Nc3ccc(Cl)cc3)cc(S(=O)(=O)Nc3ccc(Cl)cc3)c3cccc1c23. The smallest absolute Gasteiger partial charge is 0.263 e. The normalized spacial score (nSPS) is 13.3. The van der Waals surface area contributed by atoms with E-state index in [1.807, 2.05) is 0 Å². The Labute approximate surface area is 215 Å². The van der Waals surface area contributed by atoms with Crippen molar-refractivity contribution >= 4 is 82.3 Å². The Bertz CT molecular complexity index is 1720. The molecule has 5 rings (SSSR count). The highest BCUT2D eigenvalue weighted by atomic mass is 35.5. The van der Waals surface area contributed by atoms with Crippen molar-refractivity contribution in [1.82, 2.24) is 0 Å². The minimum atomic E-state index is -4.29. The minimum Gasteiger partial charge on any atom is -0.281 e. The van der Waals surface area contributed by atoms with Crippen molar-refractivity contribution < 1.29 is 21.6 Å². The molecular formula is C23H14Cl2N2O5S3. The fraction of sp³-hybridized carbons (Fsp3) is 0. The lowest BCUT2D eigenvalue weighted by molar-refractivity contribution is 0.109. The van der Waals surface area contributed by atoms with Crippen LogP contribution in [0.5, 0.6) is 0 Å². The van der Waals surface area contributed by atoms with Crippen LogP contribution in [0.1, 0.15) is 10.4 Å². The quantitative estimate of drug-likeness (QED) is 0.297. The van der Waals surface area contributed by atoms with Crippen molar-refractivity contribution in [2.45, 2.75) is 14.7 Å². The average Bonchev–Trinajstić information content (AvgIpc) is 3.14. The average molecular weight is 565 g/mol. The molecule has 4 aromatic rings. The molecule has 0 spiro atoms. The molecule has 0 bridgehead atoms. The number of thioether (sulfide) groups is 1. The highest BCUT2D eigenvalue weighted by Gasteiger charge is 2.34. The summed E-state index contributed by atoms with van der Waals surface area (Å²) < 4.78 is 58.6. The summed E-state index contributed by atoms with van der Waals surface area (Å²) >= 11 is 12.5. The summed E-state index contributed by atoms with van der Waals surface area (Å²) in [4.78, 5) is 12.2. The predicted octanol–water partition coefficient (Wildman–Crippen LogP) is 5.99. The maximum absolute atomic E-state index is 13.4. The van der Waals surface area contributed by atoms with Crippen LogP contribution in [0, 0.1) is 0 Å². The number of hydrogen-bond donors (Lipinski definition) is 2. The molecule has 0 unspecified atom stereocenters. The minimum absolute atomic E-state index is 0.174. The van der Waals surface area contributed by atoms with Crippen molar-refractivity contribution in [1.29, 1.82) is 0 Å². The van der Waals surface area contributed by atoms with Crippen LogP contribution in [0.4, 0.5) is 11.4 Å². The summed E-state index contributed by atoms with van der Waals surface area (Å²) in [7, 11) is -8.55. The number of sulfonamides is 2. The zero-order chi connectivity index (χ0) is 25.0. The molecule has 7 nitrogen and oxygen atoms in total. The largest absolute Gasteiger partial charge is 0.281 e. The van der Waals surface area contributed by atoms with E-state index in [9.17, 15) is 21.6 Å². The molecule has 178 valence electrons. The molecule has 12 heteroatoms. The Hall–Kier alpha value is -2.76. The van der Waals surface area contributed by atoms with Gasteiger partial charge in [-0.15, -0.1) is 0 Å². The topological polar surface area (TPSA) is 109 Å². The number of rotatable bonds is 6. The zero-order valence-corrected chi connectivity index (χ0v) is 21.4. The summed E-state index contributed by atoms with van der Waals surface area (Å²) in [6.07, 6.45) is 0. The van der Waals surface area contributed by atoms with Crippen LogP contribution >= 0.6 is 35.0 Å². The summed E-state index contributed by atoms with van der Waals surface area (Å²) in [5, 5.41) is 0.995. The van der Waals surface area contributed by atoms with E-state index in [2.05, 4.69) is 9.44 Å². The second kappa shape index (κ2) is 8.72. The maximum atomic E-state index is 13.4. The zero-order valence-electron chi connectivity index (χ0n) is 17.5. The van der Waals surface area contributed by atoms with Gasteiger partial charge in [-0.1, -0.05) is 35.3 Å². The van der Waals surface area contributed by atoms with Gasteiger partial charge in [-0.05, 0) is 72.4 Å². The highest BCUT2D eigenvalue weighted by Crippen LogP contribution is 2.46. The fourth-order valence-electron chi connectivity index (χ4n) is 3.69. The number of carbonyl (C=O) groups excluding carboxylic acids is 1. The van der Waals surface area contributed by atoms with E-state index in [-0.39, 0.29) is 47.5 Å². The third kappa shape index (κ3) is 4.48. The van der Waals surface area contributed by atoms with Gasteiger partial charge in [0.05, 0.1) is 4.90 Å². The van der Waals surface area contributed by atoms with E-state index in [4.69, 9.17) is 23.2 Å². The second-order valence-electron chi connectivity index (χ2n) is 7.54. The Morgan fingerprint density at radius 1 is 0.686 bits per heavy atom. The number of benzene rings is 4. The molecule has 1 heterocycles. The Morgan fingerprint density at radius 2 is 1.20 bits per heavy atom. The van der Waals surface area contributed by atoms with Crippen LogP contribution in [0.3, 0.4) is 0 Å². The number of halogens is 2. The molecule has 2 N–H and O–H groups in total. The first kappa shape index (κ1) is 24.0. The molecular weight excluding hydrogens is 551 g/mol. The molecule has 35 heavy (non-hydrogen) atoms. The standard InChI is InChI=1S/C23H14Cl2N2O5S3/c24-13-4-8-15(9-5-13)26-34(29,30)19-12-20(35(31,32)27-16-10-6-14(25)7-11-16)22-21-17(19)2-1-3-18(21)23(28)33-22/h1-12,26-27H. The van der Waals surface area contributed by atoms with Crippen LogP contribution in [0.15, 0.2) is 87.5 Å². The van der Waals surface area contributed by atoms with Gasteiger partial charge >= 0.3 is 0 Å². The fourth-order valence-corrected chi connectivity index (χ4v) is 7.88. The lowest BCUT2D eigenvalue weighted by Gasteiger charge is -2.16. The van der Waals surface area contributed by atoms with E-state index >= 15 is 0 Å². The van der Waals surface area contributed by atoms with Gasteiger partial charge in [0.25, 0.3) is 20.0 Å². The van der Waals surface area contributed by atoms with Crippen LogP contribution in [0.2, 0.25) is 10.0 Å². The third-order valence-corrected chi connectivity index (χ3v) is 9.72. The monoisotopic (exact) mass is 564 g/mol. The first-order chi connectivity index (χ1) is 16.5. The number of anilines is 2. The molecule has 0 aliphatic carbocycles. The van der Waals surface area contributed by atoms with Gasteiger partial charge in [-0.2, -0.15) is 0 Å². The summed E-state index contributed by atoms with van der Waals surface area (Å²) in [6, 6.07) is 17.7. The van der Waals surface area contributed by atoms with E-state index < -0.39 is 20.0 Å². The molecule has 0 aromatic heterocycles. The maximum Gasteiger partial charge on any atom is 0.263 e. The second-order valence-corrected chi connectivity index (χ2v) is 12.7. The molecule has 4 aromatic carbocycles. The summed E-state index contributed by atoms with van der Waals surface area (Å²) in [5.74, 6) is 0. The van der Waals surface area contributed by atoms with Gasteiger partial charge in [-0.25, -0.2) is 16.8 Å². The van der Waals surface area contributed by atoms with E-state index in [0.29, 0.717) is 10.0 Å². The van der Waals surface area contributed by atoms with Crippen molar-refractivity contribution in [2.24, 2.45) is 0 Å². The van der Waals surface area contributed by atoms with Crippen molar-refractivity contribution in [3.63, 3.8) is 0 Å². The molecule has 0 atom stereocenters. The number of carbonyl (C=O) groups is 1. The number of nitrogens with one attached hydrogen (secondary N) is 2. The van der Waals surface area contributed by atoms with Gasteiger partial charge in [0, 0.05) is 42.7 Å². The van der Waals surface area contributed by atoms with Crippen LogP contribution in [0.25, 0.3) is 10.8 Å². The van der Waals surface area contributed by atoms with E-state index in [1.54, 1.807) is 18.2 Å². The Morgan fingerprint density at radius 3 is 1.74 bits per heavy atom. The van der Waals surface area contributed by atoms with Crippen molar-refractivity contribution in [3.05, 3.63) is 88.4 Å². The third-order valence-electron chi connectivity index (χ3n) is 5.23. The molecule has 0 radical (unpaired) electrons. The van der Waals surface area contributed by atoms with Crippen molar-refractivity contribution in [3.8, 4) is 0 Å². The van der Waals surface area contributed by atoms with E-state index in [1.165, 1.54) is 48.5 Å². The molecule has 1 aliphatic rings. The lowest BCUT2D eigenvalue weighted by Crippen LogP contribution is -2.17. The summed E-state index contributed by atoms with van der Waals surface area (Å²) in [6.45, 7) is 0. The molecule has 0 fully saturated rings. The van der Waals surface area contributed by atoms with Gasteiger partial charge in [0.1, 0.15) is 4.90 Å². The molecule has 0 saturated carbocycles. The summed E-state index contributed by atoms with van der Waals surface area (Å²) in [5.41, 5.74) is 0.716.